The second kappa shape index (κ2) is 5.70. The van der Waals surface area contributed by atoms with Crippen LogP contribution in [0.2, 0.25) is 0 Å². The highest BCUT2D eigenvalue weighted by Gasteiger charge is 2.37. The largest absolute Gasteiger partial charge is 0.316 e. The van der Waals surface area contributed by atoms with Crippen LogP contribution >= 0.6 is 12.4 Å². The molecule has 3 rings (SSSR count). The Morgan fingerprint density at radius 1 is 0.938 bits per heavy atom. The summed E-state index contributed by atoms with van der Waals surface area (Å²) in [5.41, 5.74) is 0. The van der Waals surface area contributed by atoms with Crippen LogP contribution in [0.15, 0.2) is 0 Å². The molecule has 3 saturated heterocycles. The van der Waals surface area contributed by atoms with Crippen LogP contribution in [0, 0.1) is 5.92 Å². The van der Waals surface area contributed by atoms with Gasteiger partial charge in [0.15, 0.2) is 0 Å². The van der Waals surface area contributed by atoms with E-state index in [-0.39, 0.29) is 12.4 Å². The first kappa shape index (κ1) is 12.7. The molecule has 0 amide bonds. The van der Waals surface area contributed by atoms with E-state index in [1.54, 1.807) is 0 Å². The molecule has 3 unspecified atom stereocenters. The first-order valence-corrected chi connectivity index (χ1v) is 6.90. The van der Waals surface area contributed by atoms with E-state index in [4.69, 9.17) is 0 Å². The number of piperidine rings is 2. The molecule has 0 spiro atoms. The predicted molar refractivity (Wildman–Crippen MR) is 70.2 cm³/mol. The van der Waals surface area contributed by atoms with Gasteiger partial charge in [0, 0.05) is 18.6 Å². The summed E-state index contributed by atoms with van der Waals surface area (Å²) >= 11 is 0. The summed E-state index contributed by atoms with van der Waals surface area (Å²) in [7, 11) is 0. The standard InChI is InChI=1S/C13H24N2.ClH/c1-4-12-6-7-13(5-1)15(12)10-11-3-2-8-14-9-11;/h11-14H,1-10H2;1H. The van der Waals surface area contributed by atoms with Crippen molar-refractivity contribution in [3.8, 4) is 0 Å². The molecule has 2 nitrogen and oxygen atoms in total. The number of rotatable bonds is 2. The highest BCUT2D eigenvalue weighted by molar-refractivity contribution is 5.85. The Bertz CT molecular complexity index is 200. The molecule has 3 heteroatoms. The Balaban J connectivity index is 0.000000963. The van der Waals surface area contributed by atoms with Gasteiger partial charge in [-0.3, -0.25) is 4.90 Å². The summed E-state index contributed by atoms with van der Waals surface area (Å²) in [6, 6.07) is 1.93. The van der Waals surface area contributed by atoms with Gasteiger partial charge in [-0.15, -0.1) is 12.4 Å². The van der Waals surface area contributed by atoms with Crippen LogP contribution in [0.4, 0.5) is 0 Å². The Kier molecular flexibility index (Phi) is 4.51. The highest BCUT2D eigenvalue weighted by atomic mass is 35.5. The molecule has 3 aliphatic heterocycles. The minimum absolute atomic E-state index is 0. The van der Waals surface area contributed by atoms with Gasteiger partial charge >= 0.3 is 0 Å². The van der Waals surface area contributed by atoms with Gasteiger partial charge in [-0.1, -0.05) is 6.42 Å². The van der Waals surface area contributed by atoms with Gasteiger partial charge in [-0.25, -0.2) is 0 Å². The molecule has 3 fully saturated rings. The molecule has 0 aromatic rings. The summed E-state index contributed by atoms with van der Waals surface area (Å²) in [6.45, 7) is 3.92. The van der Waals surface area contributed by atoms with Crippen LogP contribution in [0.5, 0.6) is 0 Å². The summed E-state index contributed by atoms with van der Waals surface area (Å²) in [6.07, 6.45) is 10.3. The van der Waals surface area contributed by atoms with E-state index in [0.29, 0.717) is 0 Å². The number of halogens is 1. The SMILES string of the molecule is C1CNCC(CN2C3CCCC2CC3)C1.Cl. The van der Waals surface area contributed by atoms with Crippen molar-refractivity contribution in [2.75, 3.05) is 19.6 Å². The molecule has 3 aliphatic rings. The van der Waals surface area contributed by atoms with Gasteiger partial charge in [0.1, 0.15) is 0 Å². The van der Waals surface area contributed by atoms with E-state index in [0.717, 1.165) is 18.0 Å². The number of hydrogen-bond donors (Lipinski definition) is 1. The smallest absolute Gasteiger partial charge is 0.00989 e. The number of nitrogens with one attached hydrogen (secondary N) is 1. The van der Waals surface area contributed by atoms with Crippen molar-refractivity contribution in [2.45, 2.75) is 57.0 Å². The van der Waals surface area contributed by atoms with E-state index < -0.39 is 0 Å². The lowest BCUT2D eigenvalue weighted by molar-refractivity contribution is 0.109. The third-order valence-electron chi connectivity index (χ3n) is 4.71. The highest BCUT2D eigenvalue weighted by Crippen LogP contribution is 2.36. The first-order valence-electron chi connectivity index (χ1n) is 6.90. The van der Waals surface area contributed by atoms with Crippen molar-refractivity contribution in [1.82, 2.24) is 10.2 Å². The Morgan fingerprint density at radius 3 is 2.31 bits per heavy atom. The maximum absolute atomic E-state index is 3.55. The van der Waals surface area contributed by atoms with E-state index in [1.807, 2.05) is 0 Å². The van der Waals surface area contributed by atoms with Crippen molar-refractivity contribution in [1.29, 1.82) is 0 Å². The Hall–Kier alpha value is 0.210. The average molecular weight is 245 g/mol. The molecule has 0 aliphatic carbocycles. The number of nitrogens with zero attached hydrogens (tertiary/aromatic N) is 1. The number of fused-ring (bicyclic) bond motifs is 2. The number of hydrogen-bond acceptors (Lipinski definition) is 2. The minimum atomic E-state index is 0. The van der Waals surface area contributed by atoms with Crippen LogP contribution in [-0.2, 0) is 0 Å². The summed E-state index contributed by atoms with van der Waals surface area (Å²) in [5, 5.41) is 3.55. The third kappa shape index (κ3) is 2.55. The van der Waals surface area contributed by atoms with E-state index in [2.05, 4.69) is 10.2 Å². The van der Waals surface area contributed by atoms with Crippen LogP contribution in [0.25, 0.3) is 0 Å². The molecule has 0 saturated carbocycles. The molecule has 94 valence electrons. The van der Waals surface area contributed by atoms with Crippen LogP contribution < -0.4 is 5.32 Å². The molecular weight excluding hydrogens is 220 g/mol. The Labute approximate surface area is 106 Å². The van der Waals surface area contributed by atoms with Crippen LogP contribution in [0.3, 0.4) is 0 Å². The normalized spacial score (nSPS) is 39.4. The topological polar surface area (TPSA) is 15.3 Å². The van der Waals surface area contributed by atoms with Crippen molar-refractivity contribution in [2.24, 2.45) is 5.92 Å². The van der Waals surface area contributed by atoms with Gasteiger partial charge in [-0.05, 0) is 57.5 Å². The van der Waals surface area contributed by atoms with Gasteiger partial charge in [-0.2, -0.15) is 0 Å². The van der Waals surface area contributed by atoms with Crippen LogP contribution in [-0.4, -0.2) is 36.6 Å². The fourth-order valence-corrected chi connectivity index (χ4v) is 3.90. The zero-order chi connectivity index (χ0) is 10.1. The molecule has 3 heterocycles. The maximum atomic E-state index is 3.55. The summed E-state index contributed by atoms with van der Waals surface area (Å²) in [5.74, 6) is 0.944. The molecule has 0 radical (unpaired) electrons. The minimum Gasteiger partial charge on any atom is -0.316 e. The molecule has 0 aromatic carbocycles. The summed E-state index contributed by atoms with van der Waals surface area (Å²) in [4.78, 5) is 2.86. The second-order valence-electron chi connectivity index (χ2n) is 5.73. The predicted octanol–water partition coefficient (Wildman–Crippen LogP) is 2.42. The zero-order valence-corrected chi connectivity index (χ0v) is 11.0. The summed E-state index contributed by atoms with van der Waals surface area (Å²) < 4.78 is 0. The molecule has 1 N–H and O–H groups in total. The van der Waals surface area contributed by atoms with E-state index in [9.17, 15) is 0 Å². The van der Waals surface area contributed by atoms with E-state index >= 15 is 0 Å². The lowest BCUT2D eigenvalue weighted by Gasteiger charge is -2.38. The molecule has 16 heavy (non-hydrogen) atoms. The molecule has 0 aromatic heterocycles. The van der Waals surface area contributed by atoms with Gasteiger partial charge in [0.2, 0.25) is 0 Å². The fraction of sp³-hybridized carbons (Fsp3) is 1.00. The van der Waals surface area contributed by atoms with Crippen molar-refractivity contribution in [3.05, 3.63) is 0 Å². The first-order chi connectivity index (χ1) is 7.43. The van der Waals surface area contributed by atoms with Crippen molar-refractivity contribution >= 4 is 12.4 Å². The van der Waals surface area contributed by atoms with Crippen molar-refractivity contribution < 1.29 is 0 Å². The third-order valence-corrected chi connectivity index (χ3v) is 4.71. The second-order valence-corrected chi connectivity index (χ2v) is 5.73. The maximum Gasteiger partial charge on any atom is 0.00989 e. The molecule has 3 atom stereocenters. The van der Waals surface area contributed by atoms with Crippen molar-refractivity contribution in [3.63, 3.8) is 0 Å². The van der Waals surface area contributed by atoms with Crippen LogP contribution in [0.1, 0.15) is 44.9 Å². The lowest BCUT2D eigenvalue weighted by atomic mass is 9.95. The van der Waals surface area contributed by atoms with Gasteiger partial charge in [0.25, 0.3) is 0 Å². The quantitative estimate of drug-likeness (QED) is 0.803. The average Bonchev–Trinajstić information content (AvgIpc) is 2.53. The van der Waals surface area contributed by atoms with Gasteiger partial charge in [0.05, 0.1) is 0 Å². The Morgan fingerprint density at radius 2 is 1.69 bits per heavy atom. The molecule has 2 bridgehead atoms. The van der Waals surface area contributed by atoms with E-state index in [1.165, 1.54) is 64.6 Å². The van der Waals surface area contributed by atoms with Gasteiger partial charge < -0.3 is 5.32 Å². The zero-order valence-electron chi connectivity index (χ0n) is 10.2. The lowest BCUT2D eigenvalue weighted by Crippen LogP contribution is -2.45. The molecular formula is C13H25ClN2. The fourth-order valence-electron chi connectivity index (χ4n) is 3.90. The monoisotopic (exact) mass is 244 g/mol.